The summed E-state index contributed by atoms with van der Waals surface area (Å²) >= 11 is 0. The van der Waals surface area contributed by atoms with Crippen LogP contribution < -0.4 is 0 Å². The molecule has 1 atom stereocenters. The fourth-order valence-corrected chi connectivity index (χ4v) is 3.17. The van der Waals surface area contributed by atoms with Crippen LogP contribution >= 0.6 is 0 Å². The van der Waals surface area contributed by atoms with Crippen molar-refractivity contribution in [3.05, 3.63) is 35.9 Å². The van der Waals surface area contributed by atoms with E-state index in [1.165, 1.54) is 6.26 Å². The minimum atomic E-state index is -0.339. The quantitative estimate of drug-likeness (QED) is 0.840. The number of aryl methyl sites for hydroxylation is 1. The lowest BCUT2D eigenvalue weighted by Crippen LogP contribution is -2.49. The molecule has 3 rings (SSSR count). The van der Waals surface area contributed by atoms with Crippen LogP contribution in [-0.4, -0.2) is 47.8 Å². The van der Waals surface area contributed by atoms with E-state index in [2.05, 4.69) is 10.1 Å². The SMILES string of the molecule is COCCC1(c2noc(C)n2)CCCN(C(=O)c2ccco2)C1. The van der Waals surface area contributed by atoms with E-state index < -0.39 is 0 Å². The number of hydrogen-bond donors (Lipinski definition) is 0. The van der Waals surface area contributed by atoms with Crippen LogP contribution in [-0.2, 0) is 10.2 Å². The van der Waals surface area contributed by atoms with Crippen molar-refractivity contribution >= 4 is 5.91 Å². The van der Waals surface area contributed by atoms with Crippen molar-refractivity contribution in [2.75, 3.05) is 26.8 Å². The van der Waals surface area contributed by atoms with E-state index in [1.54, 1.807) is 26.2 Å². The molecule has 0 aromatic carbocycles. The smallest absolute Gasteiger partial charge is 0.289 e. The van der Waals surface area contributed by atoms with Crippen LogP contribution in [0.25, 0.3) is 0 Å². The summed E-state index contributed by atoms with van der Waals surface area (Å²) in [5.74, 6) is 1.45. The van der Waals surface area contributed by atoms with Gasteiger partial charge < -0.3 is 18.6 Å². The van der Waals surface area contributed by atoms with Gasteiger partial charge in [0, 0.05) is 33.7 Å². The largest absolute Gasteiger partial charge is 0.459 e. The molecule has 1 unspecified atom stereocenters. The zero-order chi connectivity index (χ0) is 16.3. The Morgan fingerprint density at radius 2 is 2.39 bits per heavy atom. The summed E-state index contributed by atoms with van der Waals surface area (Å²) < 4.78 is 15.7. The van der Waals surface area contributed by atoms with E-state index in [0.29, 0.717) is 37.2 Å². The molecule has 0 spiro atoms. The Balaban J connectivity index is 1.85. The highest BCUT2D eigenvalue weighted by atomic mass is 16.5. The Bertz CT molecular complexity index is 652. The number of furan rings is 1. The van der Waals surface area contributed by atoms with E-state index >= 15 is 0 Å². The number of hydrogen-bond acceptors (Lipinski definition) is 6. The molecule has 0 aliphatic carbocycles. The molecule has 1 saturated heterocycles. The summed E-state index contributed by atoms with van der Waals surface area (Å²) in [6.45, 7) is 3.59. The lowest BCUT2D eigenvalue weighted by molar-refractivity contribution is 0.0538. The molecule has 7 heteroatoms. The third kappa shape index (κ3) is 3.14. The second-order valence-electron chi connectivity index (χ2n) is 5.97. The Morgan fingerprint density at radius 3 is 3.04 bits per heavy atom. The van der Waals surface area contributed by atoms with Crippen molar-refractivity contribution in [2.24, 2.45) is 0 Å². The van der Waals surface area contributed by atoms with Gasteiger partial charge in [0.05, 0.1) is 11.7 Å². The monoisotopic (exact) mass is 319 g/mol. The molecule has 124 valence electrons. The summed E-state index contributed by atoms with van der Waals surface area (Å²) in [4.78, 5) is 18.8. The standard InChI is InChI=1S/C16H21N3O4/c1-12-17-15(18-23-12)16(7-10-21-2)6-4-8-19(11-16)14(20)13-5-3-9-22-13/h3,5,9H,4,6-8,10-11H2,1-2H3. The summed E-state index contributed by atoms with van der Waals surface area (Å²) in [5, 5.41) is 4.12. The van der Waals surface area contributed by atoms with E-state index in [1.807, 2.05) is 4.90 Å². The Labute approximate surface area is 134 Å². The minimum absolute atomic E-state index is 0.100. The lowest BCUT2D eigenvalue weighted by Gasteiger charge is -2.40. The lowest BCUT2D eigenvalue weighted by atomic mass is 9.76. The molecule has 2 aromatic rings. The molecular formula is C16H21N3O4. The Kier molecular flexibility index (Phi) is 4.47. The molecule has 0 N–H and O–H groups in total. The van der Waals surface area contributed by atoms with Crippen LogP contribution in [0.1, 0.15) is 41.5 Å². The first-order valence-corrected chi connectivity index (χ1v) is 7.77. The predicted octanol–water partition coefficient (Wildman–Crippen LogP) is 2.18. The molecule has 1 amide bonds. The fraction of sp³-hybridized carbons (Fsp3) is 0.562. The molecule has 3 heterocycles. The van der Waals surface area contributed by atoms with Gasteiger partial charge in [-0.1, -0.05) is 5.16 Å². The zero-order valence-corrected chi connectivity index (χ0v) is 13.4. The maximum atomic E-state index is 12.6. The Morgan fingerprint density at radius 1 is 1.52 bits per heavy atom. The molecule has 1 fully saturated rings. The summed E-state index contributed by atoms with van der Waals surface area (Å²) in [5.41, 5.74) is -0.339. The molecule has 7 nitrogen and oxygen atoms in total. The zero-order valence-electron chi connectivity index (χ0n) is 13.4. The van der Waals surface area contributed by atoms with Gasteiger partial charge in [0.1, 0.15) is 0 Å². The average Bonchev–Trinajstić information content (AvgIpc) is 3.24. The van der Waals surface area contributed by atoms with Gasteiger partial charge in [-0.25, -0.2) is 0 Å². The normalized spacial score (nSPS) is 21.6. The predicted molar refractivity (Wildman–Crippen MR) is 81.1 cm³/mol. The average molecular weight is 319 g/mol. The molecule has 0 radical (unpaired) electrons. The number of piperidine rings is 1. The van der Waals surface area contributed by atoms with Crippen LogP contribution in [0, 0.1) is 6.92 Å². The van der Waals surface area contributed by atoms with Gasteiger partial charge in [-0.05, 0) is 31.4 Å². The number of methoxy groups -OCH3 is 1. The van der Waals surface area contributed by atoms with Gasteiger partial charge in [0.25, 0.3) is 5.91 Å². The highest BCUT2D eigenvalue weighted by Gasteiger charge is 2.42. The number of rotatable bonds is 5. The number of nitrogens with zero attached hydrogens (tertiary/aromatic N) is 3. The second-order valence-corrected chi connectivity index (χ2v) is 5.97. The van der Waals surface area contributed by atoms with Gasteiger partial charge in [-0.2, -0.15) is 4.98 Å². The number of ether oxygens (including phenoxy) is 1. The molecule has 0 saturated carbocycles. The van der Waals surface area contributed by atoms with Crippen molar-refractivity contribution in [3.8, 4) is 0 Å². The number of carbonyl (C=O) groups is 1. The second kappa shape index (κ2) is 6.54. The van der Waals surface area contributed by atoms with Crippen LogP contribution in [0.4, 0.5) is 0 Å². The highest BCUT2D eigenvalue weighted by Crippen LogP contribution is 2.36. The van der Waals surface area contributed by atoms with Crippen molar-refractivity contribution < 1.29 is 18.5 Å². The van der Waals surface area contributed by atoms with E-state index in [0.717, 1.165) is 19.3 Å². The van der Waals surface area contributed by atoms with Gasteiger partial charge >= 0.3 is 0 Å². The molecule has 1 aliphatic rings. The highest BCUT2D eigenvalue weighted by molar-refractivity contribution is 5.91. The van der Waals surface area contributed by atoms with Crippen molar-refractivity contribution in [1.82, 2.24) is 15.0 Å². The number of aromatic nitrogens is 2. The van der Waals surface area contributed by atoms with Crippen LogP contribution in [0.5, 0.6) is 0 Å². The number of carbonyl (C=O) groups excluding carboxylic acids is 1. The first-order chi connectivity index (χ1) is 11.1. The summed E-state index contributed by atoms with van der Waals surface area (Å²) in [6, 6.07) is 3.41. The third-order valence-corrected chi connectivity index (χ3v) is 4.38. The fourth-order valence-electron chi connectivity index (χ4n) is 3.17. The first-order valence-electron chi connectivity index (χ1n) is 7.77. The van der Waals surface area contributed by atoms with Gasteiger partial charge in [-0.3, -0.25) is 4.79 Å². The van der Waals surface area contributed by atoms with Crippen molar-refractivity contribution in [1.29, 1.82) is 0 Å². The molecule has 2 aromatic heterocycles. The minimum Gasteiger partial charge on any atom is -0.459 e. The van der Waals surface area contributed by atoms with E-state index in [9.17, 15) is 4.79 Å². The topological polar surface area (TPSA) is 81.6 Å². The molecule has 0 bridgehead atoms. The molecule has 1 aliphatic heterocycles. The van der Waals surface area contributed by atoms with E-state index in [4.69, 9.17) is 13.7 Å². The Hall–Kier alpha value is -2.15. The molecule has 23 heavy (non-hydrogen) atoms. The summed E-state index contributed by atoms with van der Waals surface area (Å²) in [6.07, 6.45) is 4.03. The molecular weight excluding hydrogens is 298 g/mol. The summed E-state index contributed by atoms with van der Waals surface area (Å²) in [7, 11) is 1.67. The van der Waals surface area contributed by atoms with Crippen LogP contribution in [0.2, 0.25) is 0 Å². The number of likely N-dealkylation sites (tertiary alicyclic amines) is 1. The van der Waals surface area contributed by atoms with Crippen LogP contribution in [0.3, 0.4) is 0 Å². The maximum absolute atomic E-state index is 12.6. The van der Waals surface area contributed by atoms with Gasteiger partial charge in [0.15, 0.2) is 11.6 Å². The first kappa shape index (κ1) is 15.7. The third-order valence-electron chi connectivity index (χ3n) is 4.38. The van der Waals surface area contributed by atoms with Gasteiger partial charge in [0.2, 0.25) is 5.89 Å². The van der Waals surface area contributed by atoms with E-state index in [-0.39, 0.29) is 11.3 Å². The van der Waals surface area contributed by atoms with Gasteiger partial charge in [-0.15, -0.1) is 0 Å². The maximum Gasteiger partial charge on any atom is 0.289 e. The van der Waals surface area contributed by atoms with Crippen molar-refractivity contribution in [2.45, 2.75) is 31.6 Å². The number of amides is 1. The van der Waals surface area contributed by atoms with Crippen LogP contribution in [0.15, 0.2) is 27.3 Å². The van der Waals surface area contributed by atoms with Crippen molar-refractivity contribution in [3.63, 3.8) is 0 Å².